The summed E-state index contributed by atoms with van der Waals surface area (Å²) in [6, 6.07) is 17.0. The van der Waals surface area contributed by atoms with E-state index >= 15 is 0 Å². The first-order valence-corrected chi connectivity index (χ1v) is 9.38. The Balaban J connectivity index is 1.85. The Morgan fingerprint density at radius 2 is 1.71 bits per heavy atom. The lowest BCUT2D eigenvalue weighted by Crippen LogP contribution is -2.37. The third kappa shape index (κ3) is 4.98. The first-order valence-electron chi connectivity index (χ1n) is 9.00. The van der Waals surface area contributed by atoms with E-state index in [1.807, 2.05) is 55.6 Å². The predicted octanol–water partition coefficient (Wildman–Crippen LogP) is 2.99. The number of likely N-dealkylation sites (N-methyl/N-ethyl adjacent to an activating group) is 1. The van der Waals surface area contributed by atoms with Gasteiger partial charge in [0.2, 0.25) is 11.8 Å². The van der Waals surface area contributed by atoms with Crippen molar-refractivity contribution in [2.75, 3.05) is 13.1 Å². The van der Waals surface area contributed by atoms with Crippen LogP contribution >= 0.6 is 11.6 Å². The summed E-state index contributed by atoms with van der Waals surface area (Å²) in [6.07, 6.45) is 1.95. The molecule has 28 heavy (non-hydrogen) atoms. The van der Waals surface area contributed by atoms with Crippen LogP contribution in [0.15, 0.2) is 60.8 Å². The van der Waals surface area contributed by atoms with Gasteiger partial charge in [-0.2, -0.15) is 5.10 Å². The van der Waals surface area contributed by atoms with Crippen LogP contribution < -0.4 is 10.6 Å². The number of nitrogens with zero attached hydrogens (tertiary/aromatic N) is 2. The van der Waals surface area contributed by atoms with E-state index in [9.17, 15) is 9.59 Å². The molecule has 0 radical (unpaired) electrons. The van der Waals surface area contributed by atoms with Crippen LogP contribution in [0.1, 0.15) is 12.5 Å². The fourth-order valence-electron chi connectivity index (χ4n) is 2.78. The molecule has 0 aliphatic carbocycles. The van der Waals surface area contributed by atoms with E-state index in [1.165, 1.54) is 0 Å². The molecule has 0 aliphatic rings. The molecule has 0 saturated heterocycles. The second kappa shape index (κ2) is 9.19. The molecule has 6 nitrogen and oxygen atoms in total. The quantitative estimate of drug-likeness (QED) is 0.644. The number of para-hydroxylation sites is 1. The number of benzene rings is 2. The summed E-state index contributed by atoms with van der Waals surface area (Å²) in [5.41, 5.74) is 3.23. The Hall–Kier alpha value is -3.12. The van der Waals surface area contributed by atoms with Crippen molar-refractivity contribution in [3.63, 3.8) is 0 Å². The van der Waals surface area contributed by atoms with Crippen LogP contribution in [0.2, 0.25) is 5.02 Å². The molecule has 0 spiro atoms. The van der Waals surface area contributed by atoms with Crippen molar-refractivity contribution in [1.82, 2.24) is 20.4 Å². The molecule has 0 bridgehead atoms. The molecule has 3 aromatic rings. The maximum Gasteiger partial charge on any atom is 0.239 e. The third-order valence-corrected chi connectivity index (χ3v) is 4.35. The molecule has 1 aromatic heterocycles. The van der Waals surface area contributed by atoms with Crippen molar-refractivity contribution >= 4 is 23.4 Å². The summed E-state index contributed by atoms with van der Waals surface area (Å²) in [7, 11) is 0. The number of hydrogen-bond donors (Lipinski definition) is 2. The molecule has 2 N–H and O–H groups in total. The predicted molar refractivity (Wildman–Crippen MR) is 109 cm³/mol. The summed E-state index contributed by atoms with van der Waals surface area (Å²) in [4.78, 5) is 23.9. The van der Waals surface area contributed by atoms with Crippen molar-refractivity contribution in [2.45, 2.75) is 13.3 Å². The van der Waals surface area contributed by atoms with Gasteiger partial charge in [-0.3, -0.25) is 9.59 Å². The summed E-state index contributed by atoms with van der Waals surface area (Å²) in [5.74, 6) is -0.456. The van der Waals surface area contributed by atoms with Gasteiger partial charge in [0.15, 0.2) is 0 Å². The molecule has 0 unspecified atom stereocenters. The van der Waals surface area contributed by atoms with Crippen LogP contribution in [0, 0.1) is 0 Å². The minimum absolute atomic E-state index is 0.0459. The van der Waals surface area contributed by atoms with Gasteiger partial charge in [0.25, 0.3) is 0 Å². The normalized spacial score (nSPS) is 10.5. The second-order valence-electron chi connectivity index (χ2n) is 6.20. The van der Waals surface area contributed by atoms with Crippen molar-refractivity contribution in [3.8, 4) is 16.9 Å². The zero-order valence-electron chi connectivity index (χ0n) is 15.5. The van der Waals surface area contributed by atoms with Crippen molar-refractivity contribution in [3.05, 3.63) is 71.4 Å². The molecule has 3 rings (SSSR count). The van der Waals surface area contributed by atoms with Crippen LogP contribution in [0.3, 0.4) is 0 Å². The number of amides is 2. The molecule has 0 fully saturated rings. The Morgan fingerprint density at radius 3 is 2.39 bits per heavy atom. The van der Waals surface area contributed by atoms with Crippen LogP contribution in [0.25, 0.3) is 16.9 Å². The summed E-state index contributed by atoms with van der Waals surface area (Å²) < 4.78 is 1.75. The Bertz CT molecular complexity index is 952. The number of hydrogen-bond acceptors (Lipinski definition) is 3. The maximum atomic E-state index is 12.4. The standard InChI is InChI=1S/C21H21ClN4O2/c1-2-23-20(28)13-24-19(27)12-16-14-26(18-6-4-3-5-7-18)25-21(16)15-8-10-17(22)11-9-15/h3-11,14H,2,12-13H2,1H3,(H,23,28)(H,24,27). The topological polar surface area (TPSA) is 76.0 Å². The highest BCUT2D eigenvalue weighted by atomic mass is 35.5. The van der Waals surface area contributed by atoms with Crippen LogP contribution in [0.5, 0.6) is 0 Å². The Morgan fingerprint density at radius 1 is 1.00 bits per heavy atom. The second-order valence-corrected chi connectivity index (χ2v) is 6.63. The Labute approximate surface area is 168 Å². The molecule has 0 saturated carbocycles. The molecule has 1 heterocycles. The average Bonchev–Trinajstić information content (AvgIpc) is 3.11. The molecule has 2 aromatic carbocycles. The lowest BCUT2D eigenvalue weighted by atomic mass is 10.1. The van der Waals surface area contributed by atoms with E-state index in [1.54, 1.807) is 16.8 Å². The van der Waals surface area contributed by atoms with Gasteiger partial charge in [0.05, 0.1) is 24.3 Å². The monoisotopic (exact) mass is 396 g/mol. The lowest BCUT2D eigenvalue weighted by Gasteiger charge is -2.06. The van der Waals surface area contributed by atoms with Crippen molar-refractivity contribution in [2.24, 2.45) is 0 Å². The maximum absolute atomic E-state index is 12.4. The van der Waals surface area contributed by atoms with Gasteiger partial charge in [-0.05, 0) is 31.2 Å². The average molecular weight is 397 g/mol. The number of carbonyl (C=O) groups excluding carboxylic acids is 2. The highest BCUT2D eigenvalue weighted by Crippen LogP contribution is 2.25. The zero-order chi connectivity index (χ0) is 19.9. The number of halogens is 1. The fourth-order valence-corrected chi connectivity index (χ4v) is 2.90. The van der Waals surface area contributed by atoms with E-state index in [-0.39, 0.29) is 24.8 Å². The van der Waals surface area contributed by atoms with E-state index in [2.05, 4.69) is 15.7 Å². The molecule has 2 amide bonds. The molecule has 0 atom stereocenters. The summed E-state index contributed by atoms with van der Waals surface area (Å²) >= 11 is 5.99. The number of aromatic nitrogens is 2. The molecular formula is C21H21ClN4O2. The molecule has 144 valence electrons. The van der Waals surface area contributed by atoms with E-state index in [0.717, 1.165) is 16.8 Å². The van der Waals surface area contributed by atoms with Crippen molar-refractivity contribution < 1.29 is 9.59 Å². The first kappa shape index (κ1) is 19.6. The van der Waals surface area contributed by atoms with Crippen molar-refractivity contribution in [1.29, 1.82) is 0 Å². The molecule has 7 heteroatoms. The van der Waals surface area contributed by atoms with Gasteiger partial charge < -0.3 is 10.6 Å². The minimum Gasteiger partial charge on any atom is -0.355 e. The number of rotatable bonds is 7. The van der Waals surface area contributed by atoms with Gasteiger partial charge in [-0.15, -0.1) is 0 Å². The first-order chi connectivity index (χ1) is 13.6. The fraction of sp³-hybridized carbons (Fsp3) is 0.190. The van der Waals surface area contributed by atoms with Crippen LogP contribution in [-0.2, 0) is 16.0 Å². The van der Waals surface area contributed by atoms with Gasteiger partial charge in [-0.1, -0.05) is 41.9 Å². The van der Waals surface area contributed by atoms with Gasteiger partial charge >= 0.3 is 0 Å². The lowest BCUT2D eigenvalue weighted by molar-refractivity contribution is -0.125. The largest absolute Gasteiger partial charge is 0.355 e. The third-order valence-electron chi connectivity index (χ3n) is 4.10. The molecular weight excluding hydrogens is 376 g/mol. The zero-order valence-corrected chi connectivity index (χ0v) is 16.2. The van der Waals surface area contributed by atoms with E-state index < -0.39 is 0 Å². The number of nitrogens with one attached hydrogen (secondary N) is 2. The Kier molecular flexibility index (Phi) is 6.45. The highest BCUT2D eigenvalue weighted by molar-refractivity contribution is 6.30. The highest BCUT2D eigenvalue weighted by Gasteiger charge is 2.16. The van der Waals surface area contributed by atoms with E-state index in [4.69, 9.17) is 11.6 Å². The number of carbonyl (C=O) groups is 2. The summed E-state index contributed by atoms with van der Waals surface area (Å²) in [5, 5.41) is 10.6. The smallest absolute Gasteiger partial charge is 0.239 e. The summed E-state index contributed by atoms with van der Waals surface area (Å²) in [6.45, 7) is 2.31. The minimum atomic E-state index is -0.242. The van der Waals surface area contributed by atoms with E-state index in [0.29, 0.717) is 17.3 Å². The van der Waals surface area contributed by atoms with Crippen LogP contribution in [0.4, 0.5) is 0 Å². The SMILES string of the molecule is CCNC(=O)CNC(=O)Cc1cn(-c2ccccc2)nc1-c1ccc(Cl)cc1. The molecule has 0 aliphatic heterocycles. The van der Waals surface area contributed by atoms with Crippen LogP contribution in [-0.4, -0.2) is 34.7 Å². The van der Waals surface area contributed by atoms with Gasteiger partial charge in [0.1, 0.15) is 0 Å². The van der Waals surface area contributed by atoms with Gasteiger partial charge in [-0.25, -0.2) is 4.68 Å². The van der Waals surface area contributed by atoms with Gasteiger partial charge in [0, 0.05) is 28.9 Å².